The number of phenols is 5. The SMILES string of the molecule is COc1cc(C2[OH+]c3cc(O)cc(O[C@@H]4O[C@H](CO)[C@H](O)[C@H](O)[C@H]4O)c3C=C2O[C@@H]2O[C@@H](CO[C@@H]3O[C@@H](C)[C@H](OC(=O)/C=C/c4ccc(O)c(O)c4)[C@@H](O)[C@@H]3O)[C@H](O)[C@H](O)[C@@H]2O)cc(O)c1O. The number of fused-ring (bicyclic) bond motifs is 1. The van der Waals surface area contributed by atoms with Gasteiger partial charge in [0.05, 0.1) is 38.1 Å². The van der Waals surface area contributed by atoms with Crippen molar-refractivity contribution in [2.45, 2.75) is 105 Å². The maximum Gasteiger partial charge on any atom is 0.331 e. The van der Waals surface area contributed by atoms with E-state index in [1.807, 2.05) is 0 Å². The minimum absolute atomic E-state index is 0.00971. The Bertz CT molecular complexity index is 2300. The second-order valence-electron chi connectivity index (χ2n) is 16.0. The van der Waals surface area contributed by atoms with Crippen LogP contribution in [0.15, 0.2) is 54.3 Å². The van der Waals surface area contributed by atoms with Crippen molar-refractivity contribution >= 4 is 18.1 Å². The summed E-state index contributed by atoms with van der Waals surface area (Å²) in [5.41, 5.74) is 0.425. The van der Waals surface area contributed by atoms with Crippen molar-refractivity contribution < 1.29 is 119 Å². The van der Waals surface area contributed by atoms with E-state index in [0.29, 0.717) is 5.56 Å². The molecule has 0 bridgehead atoms. The van der Waals surface area contributed by atoms with E-state index in [4.69, 9.17) is 37.9 Å². The van der Waals surface area contributed by atoms with Gasteiger partial charge in [0.1, 0.15) is 78.1 Å². The maximum absolute atomic E-state index is 12.6. The van der Waals surface area contributed by atoms with Crippen LogP contribution >= 0.6 is 0 Å². The topological polar surface area (TPSA) is 387 Å². The van der Waals surface area contributed by atoms with Gasteiger partial charge in [0.15, 0.2) is 41.2 Å². The lowest BCUT2D eigenvalue weighted by molar-refractivity contribution is -0.325. The molecule has 3 fully saturated rings. The first-order chi connectivity index (χ1) is 31.8. The van der Waals surface area contributed by atoms with Crippen molar-refractivity contribution in [2.24, 2.45) is 0 Å². The Labute approximate surface area is 379 Å². The highest BCUT2D eigenvalue weighted by atomic mass is 16.7. The van der Waals surface area contributed by atoms with E-state index >= 15 is 0 Å². The third-order valence-electron chi connectivity index (χ3n) is 11.4. The summed E-state index contributed by atoms with van der Waals surface area (Å²) in [4.78, 5) is 12.6. The summed E-state index contributed by atoms with van der Waals surface area (Å²) in [6.45, 7) is -0.0572. The van der Waals surface area contributed by atoms with E-state index in [1.54, 1.807) is 0 Å². The first kappa shape index (κ1) is 49.2. The molecular weight excluding hydrogens is 900 g/mol. The molecule has 7 rings (SSSR count). The second kappa shape index (κ2) is 20.3. The molecule has 0 aliphatic carbocycles. The van der Waals surface area contributed by atoms with Crippen molar-refractivity contribution in [3.05, 3.63) is 71.0 Å². The average molecular weight is 952 g/mol. The molecule has 16 atom stereocenters. The van der Waals surface area contributed by atoms with Crippen molar-refractivity contribution in [3.8, 4) is 46.0 Å². The van der Waals surface area contributed by atoms with Gasteiger partial charge >= 0.3 is 5.97 Å². The summed E-state index contributed by atoms with van der Waals surface area (Å²) < 4.78 is 49.9. The number of carbonyl (C=O) groups is 1. The molecule has 24 nitrogen and oxygen atoms in total. The minimum Gasteiger partial charge on any atom is -0.571 e. The average Bonchev–Trinajstić information content (AvgIpc) is 3.30. The van der Waals surface area contributed by atoms with Crippen LogP contribution < -0.4 is 9.47 Å². The highest BCUT2D eigenvalue weighted by Crippen LogP contribution is 2.49. The predicted molar refractivity (Wildman–Crippen MR) is 220 cm³/mol. The predicted octanol–water partition coefficient (Wildman–Crippen LogP) is -2.33. The van der Waals surface area contributed by atoms with Crippen LogP contribution in [-0.2, 0) is 33.2 Å². The fourth-order valence-corrected chi connectivity index (χ4v) is 7.69. The van der Waals surface area contributed by atoms with Crippen LogP contribution in [0.5, 0.6) is 46.0 Å². The molecule has 3 aromatic carbocycles. The van der Waals surface area contributed by atoms with Gasteiger partial charge in [0.2, 0.25) is 18.3 Å². The number of rotatable bonds is 13. The van der Waals surface area contributed by atoms with Gasteiger partial charge in [0, 0.05) is 18.2 Å². The normalized spacial score (nSPS) is 34.1. The summed E-state index contributed by atoms with van der Waals surface area (Å²) in [7, 11) is 1.21. The molecule has 0 saturated carbocycles. The maximum atomic E-state index is 12.6. The van der Waals surface area contributed by atoms with Crippen molar-refractivity contribution in [2.75, 3.05) is 20.3 Å². The standard InChI is InChI=1S/C43H50O24/c1-15-39(67-29(49)6-4-16-3-5-20(46)21(47)7-16)35(55)38(58)41(61-15)60-14-28-32(52)34(54)37(57)43(66-28)64-26-12-19-23(62-40(26)17-8-22(48)30(50)25(9-17)59-2)10-18(45)11-24(19)63-42-36(56)33(53)31(51)27(13-44)65-42/h3-12,15,27-28,31-48,50-58H,13-14H2,1-2H3/p+1/b6-4+/t15-,27+,28-,31-,32-,33-,34-,35-,36+,37-,38-,39-,40?,41+,42+,43+/m0/s1. The highest BCUT2D eigenvalue weighted by molar-refractivity contribution is 5.87. The molecule has 0 aromatic heterocycles. The molecule has 3 aromatic rings. The Kier molecular flexibility index (Phi) is 14.9. The molecule has 366 valence electrons. The van der Waals surface area contributed by atoms with Gasteiger partial charge < -0.3 is 114 Å². The molecular formula is C43H51O24+. The van der Waals surface area contributed by atoms with Gasteiger partial charge in [-0.05, 0) is 42.8 Å². The molecule has 0 spiro atoms. The number of methoxy groups -OCH3 is 1. The Balaban J connectivity index is 1.10. The zero-order valence-corrected chi connectivity index (χ0v) is 35.3. The first-order valence-corrected chi connectivity index (χ1v) is 20.6. The summed E-state index contributed by atoms with van der Waals surface area (Å²) in [5, 5.41) is 147. The van der Waals surface area contributed by atoms with E-state index in [9.17, 15) is 76.3 Å². The lowest BCUT2D eigenvalue weighted by Crippen LogP contribution is -2.61. The number of benzene rings is 3. The fourth-order valence-electron chi connectivity index (χ4n) is 7.69. The molecule has 0 amide bonds. The van der Waals surface area contributed by atoms with Crippen LogP contribution in [0.25, 0.3) is 12.2 Å². The number of aliphatic hydroxyl groups is 10. The Morgan fingerprint density at radius 1 is 0.701 bits per heavy atom. The lowest BCUT2D eigenvalue weighted by Gasteiger charge is -2.43. The molecule has 4 aliphatic rings. The van der Waals surface area contributed by atoms with Gasteiger partial charge in [-0.3, -0.25) is 0 Å². The van der Waals surface area contributed by atoms with Crippen molar-refractivity contribution in [1.82, 2.24) is 0 Å². The van der Waals surface area contributed by atoms with E-state index < -0.39 is 140 Å². The minimum atomic E-state index is -2.00. The summed E-state index contributed by atoms with van der Waals surface area (Å²) >= 11 is 0. The van der Waals surface area contributed by atoms with Gasteiger partial charge in [-0.25, -0.2) is 4.79 Å². The number of hydrogen-bond donors (Lipinski definition) is 14. The van der Waals surface area contributed by atoms with Crippen LogP contribution in [-0.4, -0.2) is 195 Å². The van der Waals surface area contributed by atoms with Gasteiger partial charge in [-0.1, -0.05) is 6.07 Å². The van der Waals surface area contributed by atoms with Crippen LogP contribution in [0.3, 0.4) is 0 Å². The van der Waals surface area contributed by atoms with Gasteiger partial charge in [-0.15, -0.1) is 0 Å². The van der Waals surface area contributed by atoms with E-state index in [1.165, 1.54) is 56.5 Å². The fraction of sp³-hybridized carbons (Fsp3) is 0.465. The summed E-state index contributed by atoms with van der Waals surface area (Å²) in [6.07, 6.45) is -23.4. The molecule has 67 heavy (non-hydrogen) atoms. The first-order valence-electron chi connectivity index (χ1n) is 20.6. The molecule has 4 aliphatic heterocycles. The van der Waals surface area contributed by atoms with Gasteiger partial charge in [0.25, 0.3) is 11.9 Å². The Morgan fingerprint density at radius 3 is 2.03 bits per heavy atom. The van der Waals surface area contributed by atoms with E-state index in [-0.39, 0.29) is 39.9 Å². The molecule has 4 heterocycles. The van der Waals surface area contributed by atoms with Crippen molar-refractivity contribution in [3.63, 3.8) is 0 Å². The van der Waals surface area contributed by atoms with Crippen LogP contribution in [0, 0.1) is 0 Å². The summed E-state index contributed by atoms with van der Waals surface area (Å²) in [5.74, 6) is -4.18. The van der Waals surface area contributed by atoms with E-state index in [2.05, 4.69) is 4.74 Å². The number of phenolic OH excluding ortho intramolecular Hbond substituents is 5. The highest BCUT2D eigenvalue weighted by Gasteiger charge is 2.50. The van der Waals surface area contributed by atoms with Crippen LogP contribution in [0.4, 0.5) is 0 Å². The molecule has 0 radical (unpaired) electrons. The summed E-state index contributed by atoms with van der Waals surface area (Å²) in [6, 6.07) is 8.46. The molecule has 15 N–H and O–H groups in total. The zero-order chi connectivity index (χ0) is 48.6. The smallest absolute Gasteiger partial charge is 0.331 e. The largest absolute Gasteiger partial charge is 0.571 e. The van der Waals surface area contributed by atoms with Crippen LogP contribution in [0.1, 0.15) is 29.7 Å². The van der Waals surface area contributed by atoms with Crippen LogP contribution in [0.2, 0.25) is 0 Å². The molecule has 3 saturated heterocycles. The third kappa shape index (κ3) is 10.3. The number of carbonyl (C=O) groups excluding carboxylic acids is 1. The lowest BCUT2D eigenvalue weighted by atomic mass is 9.97. The Hall–Kier alpha value is -5.71. The second-order valence-corrected chi connectivity index (χ2v) is 16.0. The van der Waals surface area contributed by atoms with Gasteiger partial charge in [-0.2, -0.15) is 0 Å². The quantitative estimate of drug-likeness (QED) is 0.0370. The number of ether oxygens (including phenoxy) is 9. The number of aliphatic hydroxyl groups excluding tert-OH is 9. The number of esters is 1. The zero-order valence-electron chi connectivity index (χ0n) is 35.3. The number of aromatic hydroxyl groups is 6. The van der Waals surface area contributed by atoms with Crippen molar-refractivity contribution in [1.29, 1.82) is 0 Å². The third-order valence-corrected chi connectivity index (χ3v) is 11.4. The number of hydrogen-bond acceptors (Lipinski definition) is 23. The van der Waals surface area contributed by atoms with E-state index in [0.717, 1.165) is 18.2 Å². The Morgan fingerprint density at radius 2 is 1.36 bits per heavy atom. The monoisotopic (exact) mass is 951 g/mol. The molecule has 1 unspecified atom stereocenters. The molecule has 24 heteroatoms.